The topological polar surface area (TPSA) is 30.2 Å². The molecule has 0 atom stereocenters. The number of pyridine rings is 1. The van der Waals surface area contributed by atoms with E-state index in [1.807, 2.05) is 24.4 Å². The second-order valence-electron chi connectivity index (χ2n) is 3.80. The molecule has 0 radical (unpaired) electrons. The third-order valence-corrected chi connectivity index (χ3v) is 4.16. The Balaban J connectivity index is 2.33. The summed E-state index contributed by atoms with van der Waals surface area (Å²) < 4.78 is 3.15. The lowest BCUT2D eigenvalue weighted by atomic mass is 10.3. The van der Waals surface area contributed by atoms with Crippen molar-refractivity contribution >= 4 is 53.6 Å². The number of hydrogen-bond donors (Lipinski definition) is 0. The second kappa shape index (κ2) is 3.27. The Morgan fingerprint density at radius 1 is 1.18 bits per heavy atom. The van der Waals surface area contributed by atoms with Crippen molar-refractivity contribution in [2.45, 2.75) is 0 Å². The molecular weight excluding hydrogens is 298 g/mol. The minimum atomic E-state index is 0.988. The molecule has 4 rings (SSSR count). The average molecular weight is 304 g/mol. The first kappa shape index (κ1) is 9.56. The van der Waals surface area contributed by atoms with E-state index in [4.69, 9.17) is 0 Å². The molecule has 3 aromatic heterocycles. The van der Waals surface area contributed by atoms with Crippen molar-refractivity contribution in [3.8, 4) is 0 Å². The van der Waals surface area contributed by atoms with Gasteiger partial charge in [0, 0.05) is 10.7 Å². The Kier molecular flexibility index (Phi) is 1.84. The van der Waals surface area contributed by atoms with Crippen molar-refractivity contribution < 1.29 is 0 Å². The zero-order valence-corrected chi connectivity index (χ0v) is 11.0. The molecule has 0 fully saturated rings. The number of nitrogens with zero attached hydrogens (tertiary/aromatic N) is 3. The monoisotopic (exact) mass is 303 g/mol. The lowest BCUT2D eigenvalue weighted by Gasteiger charge is -1.94. The molecule has 0 aliphatic carbocycles. The zero-order valence-electron chi connectivity index (χ0n) is 8.59. The first-order valence-corrected chi connectivity index (χ1v) is 6.75. The standard InChI is InChI=1S/C12H6BrN3S/c13-7-5-10-11(14-6-7)17-12-15-8-3-1-2-4-9(8)16(10)12/h1-6H. The highest BCUT2D eigenvalue weighted by Gasteiger charge is 2.11. The summed E-state index contributed by atoms with van der Waals surface area (Å²) in [5.74, 6) is 0. The van der Waals surface area contributed by atoms with E-state index < -0.39 is 0 Å². The van der Waals surface area contributed by atoms with Crippen molar-refractivity contribution in [3.63, 3.8) is 0 Å². The van der Waals surface area contributed by atoms with E-state index in [2.05, 4.69) is 42.4 Å². The van der Waals surface area contributed by atoms with Crippen LogP contribution in [-0.2, 0) is 0 Å². The first-order chi connectivity index (χ1) is 8.33. The van der Waals surface area contributed by atoms with Crippen LogP contribution in [-0.4, -0.2) is 14.4 Å². The molecule has 82 valence electrons. The van der Waals surface area contributed by atoms with Crippen molar-refractivity contribution in [2.24, 2.45) is 0 Å². The normalized spacial score (nSPS) is 11.8. The molecule has 1 aromatic carbocycles. The van der Waals surface area contributed by atoms with Gasteiger partial charge in [-0.15, -0.1) is 0 Å². The van der Waals surface area contributed by atoms with Gasteiger partial charge in [0.2, 0.25) is 0 Å². The van der Waals surface area contributed by atoms with Crippen LogP contribution in [0, 0.1) is 0 Å². The highest BCUT2D eigenvalue weighted by Crippen LogP contribution is 2.30. The van der Waals surface area contributed by atoms with Crippen LogP contribution in [0.1, 0.15) is 0 Å². The number of aromatic nitrogens is 3. The molecule has 5 heteroatoms. The third-order valence-electron chi connectivity index (χ3n) is 2.76. The number of benzene rings is 1. The van der Waals surface area contributed by atoms with E-state index in [1.54, 1.807) is 11.3 Å². The van der Waals surface area contributed by atoms with Crippen molar-refractivity contribution in [2.75, 3.05) is 0 Å². The second-order valence-corrected chi connectivity index (χ2v) is 5.67. The smallest absolute Gasteiger partial charge is 0.197 e. The minimum absolute atomic E-state index is 0.988. The summed E-state index contributed by atoms with van der Waals surface area (Å²) in [5.41, 5.74) is 3.27. The quantitative estimate of drug-likeness (QED) is 0.494. The largest absolute Gasteiger partial charge is 0.281 e. The van der Waals surface area contributed by atoms with Gasteiger partial charge in [-0.05, 0) is 34.1 Å². The summed E-state index contributed by atoms with van der Waals surface area (Å²) in [6.07, 6.45) is 1.82. The van der Waals surface area contributed by atoms with Gasteiger partial charge in [0.15, 0.2) is 4.96 Å². The van der Waals surface area contributed by atoms with E-state index in [0.717, 1.165) is 30.8 Å². The molecule has 17 heavy (non-hydrogen) atoms. The van der Waals surface area contributed by atoms with Gasteiger partial charge in [0.1, 0.15) is 4.83 Å². The molecule has 4 aromatic rings. The van der Waals surface area contributed by atoms with Gasteiger partial charge < -0.3 is 0 Å². The van der Waals surface area contributed by atoms with Crippen LogP contribution in [0.2, 0.25) is 0 Å². The van der Waals surface area contributed by atoms with E-state index in [9.17, 15) is 0 Å². The van der Waals surface area contributed by atoms with Crippen molar-refractivity contribution in [1.82, 2.24) is 14.4 Å². The minimum Gasteiger partial charge on any atom is -0.281 e. The SMILES string of the molecule is Brc1cnc2sc3nc4ccccc4n3c2c1. The molecule has 0 bridgehead atoms. The number of fused-ring (bicyclic) bond motifs is 5. The van der Waals surface area contributed by atoms with Crippen LogP contribution in [0.3, 0.4) is 0 Å². The van der Waals surface area contributed by atoms with Crippen LogP contribution >= 0.6 is 27.3 Å². The Labute approximate surface area is 109 Å². The van der Waals surface area contributed by atoms with Gasteiger partial charge in [0.05, 0.1) is 16.6 Å². The van der Waals surface area contributed by atoms with E-state index in [-0.39, 0.29) is 0 Å². The van der Waals surface area contributed by atoms with Gasteiger partial charge in [0.25, 0.3) is 0 Å². The van der Waals surface area contributed by atoms with Crippen LogP contribution in [0.5, 0.6) is 0 Å². The highest BCUT2D eigenvalue weighted by molar-refractivity contribution is 9.10. The number of thiazole rings is 1. The number of imidazole rings is 1. The molecule has 0 aliphatic rings. The Bertz CT molecular complexity index is 862. The third kappa shape index (κ3) is 1.26. The predicted octanol–water partition coefficient (Wildman–Crippen LogP) is 3.86. The Morgan fingerprint density at radius 2 is 2.06 bits per heavy atom. The summed E-state index contributed by atoms with van der Waals surface area (Å²) in [5, 5.41) is 0. The summed E-state index contributed by atoms with van der Waals surface area (Å²) >= 11 is 5.08. The highest BCUT2D eigenvalue weighted by atomic mass is 79.9. The summed E-state index contributed by atoms with van der Waals surface area (Å²) in [6, 6.07) is 10.2. The van der Waals surface area contributed by atoms with E-state index >= 15 is 0 Å². The first-order valence-electron chi connectivity index (χ1n) is 5.14. The molecule has 0 unspecified atom stereocenters. The van der Waals surface area contributed by atoms with Crippen LogP contribution in [0.4, 0.5) is 0 Å². The summed E-state index contributed by atoms with van der Waals surface area (Å²) in [6.45, 7) is 0. The fraction of sp³-hybridized carbons (Fsp3) is 0. The molecule has 0 saturated carbocycles. The van der Waals surface area contributed by atoms with Crippen molar-refractivity contribution in [1.29, 1.82) is 0 Å². The maximum Gasteiger partial charge on any atom is 0.197 e. The molecule has 0 saturated heterocycles. The fourth-order valence-corrected chi connectivity index (χ4v) is 3.33. The maximum atomic E-state index is 4.61. The van der Waals surface area contributed by atoms with Crippen LogP contribution < -0.4 is 0 Å². The number of para-hydroxylation sites is 2. The number of halogens is 1. The summed E-state index contributed by atoms with van der Waals surface area (Å²) in [4.78, 5) is 11.0. The van der Waals surface area contributed by atoms with E-state index in [0.29, 0.717) is 0 Å². The lowest BCUT2D eigenvalue weighted by molar-refractivity contribution is 1.32. The Hall–Kier alpha value is -1.46. The number of rotatable bonds is 0. The molecule has 0 aliphatic heterocycles. The molecule has 3 heterocycles. The van der Waals surface area contributed by atoms with Crippen molar-refractivity contribution in [3.05, 3.63) is 41.0 Å². The molecule has 0 spiro atoms. The summed E-state index contributed by atoms with van der Waals surface area (Å²) in [7, 11) is 0. The fourth-order valence-electron chi connectivity index (χ4n) is 2.05. The predicted molar refractivity (Wildman–Crippen MR) is 73.6 cm³/mol. The molecule has 0 amide bonds. The molecule has 3 nitrogen and oxygen atoms in total. The van der Waals surface area contributed by atoms with Gasteiger partial charge in [-0.1, -0.05) is 23.5 Å². The zero-order chi connectivity index (χ0) is 11.4. The average Bonchev–Trinajstić information content (AvgIpc) is 2.84. The van der Waals surface area contributed by atoms with Crippen LogP contribution in [0.15, 0.2) is 41.0 Å². The van der Waals surface area contributed by atoms with Crippen LogP contribution in [0.25, 0.3) is 26.3 Å². The molecule has 0 N–H and O–H groups in total. The van der Waals surface area contributed by atoms with Gasteiger partial charge in [-0.25, -0.2) is 9.97 Å². The van der Waals surface area contributed by atoms with Gasteiger partial charge in [-0.2, -0.15) is 0 Å². The number of hydrogen-bond acceptors (Lipinski definition) is 3. The van der Waals surface area contributed by atoms with E-state index in [1.165, 1.54) is 0 Å². The lowest BCUT2D eigenvalue weighted by Crippen LogP contribution is -1.81. The maximum absolute atomic E-state index is 4.61. The molecular formula is C12H6BrN3S. The van der Waals surface area contributed by atoms with Gasteiger partial charge in [-0.3, -0.25) is 4.40 Å². The van der Waals surface area contributed by atoms with Gasteiger partial charge >= 0.3 is 0 Å². The Morgan fingerprint density at radius 3 is 3.00 bits per heavy atom.